The van der Waals surface area contributed by atoms with Crippen molar-refractivity contribution < 1.29 is 33.3 Å². The summed E-state index contributed by atoms with van der Waals surface area (Å²) in [4.78, 5) is 38.6. The van der Waals surface area contributed by atoms with E-state index >= 15 is 0 Å². The molecule has 0 aromatic heterocycles. The molecule has 1 heterocycles. The normalized spacial score (nSPS) is 12.1. The van der Waals surface area contributed by atoms with E-state index in [1.807, 2.05) is 0 Å². The predicted octanol–water partition coefficient (Wildman–Crippen LogP) is 5.87. The van der Waals surface area contributed by atoms with Crippen LogP contribution in [0, 0.1) is 0 Å². The number of fused-ring (bicyclic) bond motifs is 1. The van der Waals surface area contributed by atoms with Gasteiger partial charge in [0.2, 0.25) is 6.79 Å². The smallest absolute Gasteiger partial charge is 0.345 e. The summed E-state index contributed by atoms with van der Waals surface area (Å²) in [6, 6.07) is 22.7. The maximum atomic E-state index is 13.2. The van der Waals surface area contributed by atoms with Crippen molar-refractivity contribution in [1.29, 1.82) is 0 Å². The summed E-state index contributed by atoms with van der Waals surface area (Å²) in [5.41, 5.74) is 3.96. The Morgan fingerprint density at radius 3 is 2.41 bits per heavy atom. The molecule has 0 aliphatic carbocycles. The van der Waals surface area contributed by atoms with Crippen LogP contribution in [0.4, 0.5) is 0 Å². The third-order valence-corrected chi connectivity index (χ3v) is 6.71. The summed E-state index contributed by atoms with van der Waals surface area (Å²) in [5, 5.41) is 7.19. The number of hydrazone groups is 1. The molecule has 0 saturated heterocycles. The highest BCUT2D eigenvalue weighted by Gasteiger charge is 2.18. The van der Waals surface area contributed by atoms with Gasteiger partial charge in [0, 0.05) is 10.6 Å². The van der Waals surface area contributed by atoms with Crippen LogP contribution in [0.15, 0.2) is 95.7 Å². The molecule has 1 aliphatic rings. The van der Waals surface area contributed by atoms with Crippen molar-refractivity contribution in [3.05, 3.63) is 123 Å². The van der Waals surface area contributed by atoms with Gasteiger partial charge in [0.1, 0.15) is 5.70 Å². The number of esters is 1. The largest absolute Gasteiger partial charge is 0.493 e. The topological polar surface area (TPSA) is 125 Å². The number of rotatable bonds is 9. The summed E-state index contributed by atoms with van der Waals surface area (Å²) < 4.78 is 21.6. The Hall–Kier alpha value is -5.32. The van der Waals surface area contributed by atoms with Crippen molar-refractivity contribution >= 4 is 53.3 Å². The number of carbonyl (C=O) groups excluding carboxylic acids is 3. The van der Waals surface area contributed by atoms with Gasteiger partial charge >= 0.3 is 5.97 Å². The molecule has 0 atom stereocenters. The first kappa shape index (κ1) is 30.1. The third-order valence-electron chi connectivity index (χ3n) is 6.16. The van der Waals surface area contributed by atoms with Crippen LogP contribution in [-0.4, -0.2) is 37.9 Å². The Morgan fingerprint density at radius 1 is 0.864 bits per heavy atom. The highest BCUT2D eigenvalue weighted by Crippen LogP contribution is 2.33. The first-order valence-electron chi connectivity index (χ1n) is 13.0. The number of hydrogen-bond donors (Lipinski definition) is 2. The molecule has 4 aromatic rings. The number of carbonyl (C=O) groups is 3. The van der Waals surface area contributed by atoms with Crippen LogP contribution in [0.3, 0.4) is 0 Å². The molecule has 10 nitrogen and oxygen atoms in total. The Morgan fingerprint density at radius 2 is 1.64 bits per heavy atom. The van der Waals surface area contributed by atoms with E-state index in [2.05, 4.69) is 15.8 Å². The average Bonchev–Trinajstić information content (AvgIpc) is 3.49. The minimum absolute atomic E-state index is 0.0597. The molecule has 0 spiro atoms. The zero-order chi connectivity index (χ0) is 31.1. The van der Waals surface area contributed by atoms with Crippen LogP contribution >= 0.6 is 23.2 Å². The Kier molecular flexibility index (Phi) is 9.43. The Balaban J connectivity index is 1.31. The number of methoxy groups -OCH3 is 1. The van der Waals surface area contributed by atoms with Gasteiger partial charge in [-0.15, -0.1) is 0 Å². The monoisotopic (exact) mass is 631 g/mol. The fourth-order valence-electron chi connectivity index (χ4n) is 4.00. The molecule has 4 aromatic carbocycles. The molecule has 0 bridgehead atoms. The van der Waals surface area contributed by atoms with E-state index in [1.165, 1.54) is 43.7 Å². The van der Waals surface area contributed by atoms with Crippen molar-refractivity contribution in [2.75, 3.05) is 13.9 Å². The van der Waals surface area contributed by atoms with Gasteiger partial charge < -0.3 is 24.3 Å². The molecule has 2 amide bonds. The minimum Gasteiger partial charge on any atom is -0.493 e. The summed E-state index contributed by atoms with van der Waals surface area (Å²) >= 11 is 12.0. The molecule has 0 saturated carbocycles. The number of benzene rings is 4. The first-order chi connectivity index (χ1) is 21.3. The highest BCUT2D eigenvalue weighted by molar-refractivity contribution is 6.36. The van der Waals surface area contributed by atoms with E-state index in [1.54, 1.807) is 60.7 Å². The highest BCUT2D eigenvalue weighted by atomic mass is 35.5. The van der Waals surface area contributed by atoms with Crippen LogP contribution in [-0.2, 0) is 4.79 Å². The predicted molar refractivity (Wildman–Crippen MR) is 165 cm³/mol. The standard InChI is InChI=1S/C32H23Cl2N3O7/c1-41-28-15-20(8-12-27(28)44-32(40)23-10-9-22(33)16-24(23)34)17-35-37-31(39)25(36-30(38)21-5-3-2-4-6-21)13-19-7-11-26-29(14-19)43-18-42-26/h2-17H,18H2,1H3,(H,36,38)(H,37,39)/b25-13+,35-17+. The quantitative estimate of drug-likeness (QED) is 0.0778. The van der Waals surface area contributed by atoms with Gasteiger partial charge in [-0.1, -0.05) is 47.5 Å². The number of ether oxygens (including phenoxy) is 4. The van der Waals surface area contributed by atoms with Gasteiger partial charge in [-0.05, 0) is 77.9 Å². The van der Waals surface area contributed by atoms with E-state index in [9.17, 15) is 14.4 Å². The van der Waals surface area contributed by atoms with Crippen molar-refractivity contribution in [2.45, 2.75) is 0 Å². The molecular weight excluding hydrogens is 609 g/mol. The maximum Gasteiger partial charge on any atom is 0.345 e. The molecule has 0 unspecified atom stereocenters. The van der Waals surface area contributed by atoms with Crippen molar-refractivity contribution in [3.63, 3.8) is 0 Å². The number of halogens is 2. The number of hydrogen-bond acceptors (Lipinski definition) is 8. The van der Waals surface area contributed by atoms with Gasteiger partial charge in [0.05, 0.1) is 23.9 Å². The summed E-state index contributed by atoms with van der Waals surface area (Å²) in [6.07, 6.45) is 2.85. The number of amides is 2. The minimum atomic E-state index is -0.696. The number of nitrogens with zero attached hydrogens (tertiary/aromatic N) is 1. The molecule has 0 radical (unpaired) electrons. The fourth-order valence-corrected chi connectivity index (χ4v) is 4.48. The fraction of sp³-hybridized carbons (Fsp3) is 0.0625. The van der Waals surface area contributed by atoms with E-state index in [4.69, 9.17) is 42.1 Å². The van der Waals surface area contributed by atoms with E-state index in [-0.39, 0.29) is 34.6 Å². The molecule has 0 fully saturated rings. The SMILES string of the molecule is COc1cc(/C=N/NC(=O)/C(=C\c2ccc3c(c2)OCO3)NC(=O)c2ccccc2)ccc1OC(=O)c1ccc(Cl)cc1Cl. The number of nitrogens with one attached hydrogen (secondary N) is 2. The van der Waals surface area contributed by atoms with Crippen molar-refractivity contribution in [3.8, 4) is 23.0 Å². The van der Waals surface area contributed by atoms with E-state index in [0.717, 1.165) is 0 Å². The van der Waals surface area contributed by atoms with Gasteiger partial charge in [-0.25, -0.2) is 10.2 Å². The van der Waals surface area contributed by atoms with Gasteiger partial charge in [-0.3, -0.25) is 9.59 Å². The third kappa shape index (κ3) is 7.35. The molecule has 5 rings (SSSR count). The summed E-state index contributed by atoms with van der Waals surface area (Å²) in [7, 11) is 1.41. The lowest BCUT2D eigenvalue weighted by atomic mass is 10.1. The van der Waals surface area contributed by atoms with Crippen molar-refractivity contribution in [1.82, 2.24) is 10.7 Å². The van der Waals surface area contributed by atoms with Crippen molar-refractivity contribution in [2.24, 2.45) is 5.10 Å². The van der Waals surface area contributed by atoms with Crippen LogP contribution in [0.2, 0.25) is 10.0 Å². The molecule has 222 valence electrons. The summed E-state index contributed by atoms with van der Waals surface area (Å²) in [5.74, 6) is -0.383. The molecule has 1 aliphatic heterocycles. The zero-order valence-electron chi connectivity index (χ0n) is 23.0. The van der Waals surface area contributed by atoms with Gasteiger partial charge in [0.25, 0.3) is 11.8 Å². The van der Waals surface area contributed by atoms with Crippen LogP contribution in [0.5, 0.6) is 23.0 Å². The second-order valence-corrected chi connectivity index (χ2v) is 9.96. The second-order valence-electron chi connectivity index (χ2n) is 9.11. The van der Waals surface area contributed by atoms with Gasteiger partial charge in [0.15, 0.2) is 23.0 Å². The lowest BCUT2D eigenvalue weighted by molar-refractivity contribution is -0.117. The maximum absolute atomic E-state index is 13.2. The lowest BCUT2D eigenvalue weighted by Crippen LogP contribution is -2.32. The lowest BCUT2D eigenvalue weighted by Gasteiger charge is -2.11. The van der Waals surface area contributed by atoms with Crippen LogP contribution < -0.4 is 29.7 Å². The Bertz CT molecular complexity index is 1790. The molecule has 2 N–H and O–H groups in total. The van der Waals surface area contributed by atoms with Gasteiger partial charge in [-0.2, -0.15) is 5.10 Å². The molecule has 44 heavy (non-hydrogen) atoms. The van der Waals surface area contributed by atoms with Crippen LogP contribution in [0.25, 0.3) is 6.08 Å². The molecule has 12 heteroatoms. The second kappa shape index (κ2) is 13.8. The first-order valence-corrected chi connectivity index (χ1v) is 13.7. The summed E-state index contributed by atoms with van der Waals surface area (Å²) in [6.45, 7) is 0.0974. The van der Waals surface area contributed by atoms with Crippen LogP contribution in [0.1, 0.15) is 31.8 Å². The van der Waals surface area contributed by atoms with E-state index in [0.29, 0.717) is 33.2 Å². The Labute approximate surface area is 261 Å². The molecular formula is C32H23Cl2N3O7. The van der Waals surface area contributed by atoms with E-state index < -0.39 is 17.8 Å². The zero-order valence-corrected chi connectivity index (χ0v) is 24.5. The average molecular weight is 632 g/mol.